The van der Waals surface area contributed by atoms with Gasteiger partial charge in [-0.3, -0.25) is 9.48 Å². The van der Waals surface area contributed by atoms with E-state index in [-0.39, 0.29) is 11.9 Å². The summed E-state index contributed by atoms with van der Waals surface area (Å²) in [6, 6.07) is 9.66. The highest BCUT2D eigenvalue weighted by Crippen LogP contribution is 2.19. The number of para-hydroxylation sites is 1. The fraction of sp³-hybridized carbons (Fsp3) is 0.316. The second-order valence-electron chi connectivity index (χ2n) is 6.18. The summed E-state index contributed by atoms with van der Waals surface area (Å²) >= 11 is 3.37. The van der Waals surface area contributed by atoms with E-state index in [0.717, 1.165) is 27.1 Å². The van der Waals surface area contributed by atoms with Gasteiger partial charge >= 0.3 is 0 Å². The molecule has 2 aromatic heterocycles. The molecule has 0 spiro atoms. The third-order valence-corrected chi connectivity index (χ3v) is 4.87. The molecule has 1 unspecified atom stereocenters. The third-order valence-electron chi connectivity index (χ3n) is 4.46. The molecule has 0 aliphatic carbocycles. The summed E-state index contributed by atoms with van der Waals surface area (Å²) in [5.41, 5.74) is 4.00. The Balaban J connectivity index is 1.75. The van der Waals surface area contributed by atoms with Crippen LogP contribution < -0.4 is 5.32 Å². The van der Waals surface area contributed by atoms with Crippen LogP contribution in [-0.2, 0) is 11.3 Å². The Morgan fingerprint density at radius 3 is 2.62 bits per heavy atom. The van der Waals surface area contributed by atoms with Crippen molar-refractivity contribution in [3.63, 3.8) is 0 Å². The molecule has 0 fully saturated rings. The topological polar surface area (TPSA) is 64.7 Å². The van der Waals surface area contributed by atoms with Gasteiger partial charge in [0.15, 0.2) is 0 Å². The maximum absolute atomic E-state index is 12.6. The number of amides is 1. The van der Waals surface area contributed by atoms with E-state index in [0.29, 0.717) is 13.0 Å². The Hall–Kier alpha value is -2.41. The van der Waals surface area contributed by atoms with E-state index in [1.54, 1.807) is 10.9 Å². The van der Waals surface area contributed by atoms with Gasteiger partial charge in [0, 0.05) is 24.0 Å². The van der Waals surface area contributed by atoms with Crippen LogP contribution in [0.5, 0.6) is 0 Å². The van der Waals surface area contributed by atoms with Gasteiger partial charge in [0.05, 0.1) is 22.1 Å². The van der Waals surface area contributed by atoms with E-state index in [1.165, 1.54) is 0 Å². The molecule has 1 atom stereocenters. The molecule has 0 aliphatic heterocycles. The van der Waals surface area contributed by atoms with Crippen LogP contribution in [0.15, 0.2) is 47.2 Å². The molecular formula is C19H22BrN5O. The summed E-state index contributed by atoms with van der Waals surface area (Å²) in [5, 5.41) is 11.9. The number of benzene rings is 1. The number of aryl methyl sites for hydroxylation is 1. The second-order valence-corrected chi connectivity index (χ2v) is 7.09. The predicted octanol–water partition coefficient (Wildman–Crippen LogP) is 3.72. The SMILES string of the molecule is CCC(C(=O)NCc1c(C)nn(-c2ccccc2)c1C)n1cc(Br)cn1. The van der Waals surface area contributed by atoms with Crippen LogP contribution in [0.3, 0.4) is 0 Å². The minimum atomic E-state index is -0.328. The largest absolute Gasteiger partial charge is 0.350 e. The van der Waals surface area contributed by atoms with Gasteiger partial charge < -0.3 is 5.32 Å². The number of halogens is 1. The molecule has 3 rings (SSSR count). The van der Waals surface area contributed by atoms with Gasteiger partial charge in [-0.1, -0.05) is 25.1 Å². The van der Waals surface area contributed by atoms with E-state index < -0.39 is 0 Å². The zero-order chi connectivity index (χ0) is 18.7. The molecule has 2 heterocycles. The molecule has 1 N–H and O–H groups in total. The molecule has 6 nitrogen and oxygen atoms in total. The van der Waals surface area contributed by atoms with Gasteiger partial charge in [0.2, 0.25) is 5.91 Å². The number of carbonyl (C=O) groups excluding carboxylic acids is 1. The number of hydrogen-bond donors (Lipinski definition) is 1. The Morgan fingerprint density at radius 2 is 2.00 bits per heavy atom. The molecule has 0 saturated carbocycles. The number of carbonyl (C=O) groups is 1. The normalized spacial score (nSPS) is 12.2. The first-order valence-corrected chi connectivity index (χ1v) is 9.38. The van der Waals surface area contributed by atoms with Crippen LogP contribution in [0.1, 0.15) is 36.3 Å². The standard InChI is InChI=1S/C19H22BrN5O/c1-4-18(24-12-15(20)10-22-24)19(26)21-11-17-13(2)23-25(14(17)3)16-8-6-5-7-9-16/h5-10,12,18H,4,11H2,1-3H3,(H,21,26). The highest BCUT2D eigenvalue weighted by atomic mass is 79.9. The number of aromatic nitrogens is 4. The van der Waals surface area contributed by atoms with Gasteiger partial charge in [0.25, 0.3) is 0 Å². The Kier molecular flexibility index (Phi) is 5.56. The van der Waals surface area contributed by atoms with Crippen molar-refractivity contribution in [2.45, 2.75) is 39.8 Å². The monoisotopic (exact) mass is 415 g/mol. The van der Waals surface area contributed by atoms with Crippen LogP contribution in [0.4, 0.5) is 0 Å². The van der Waals surface area contributed by atoms with Crippen molar-refractivity contribution in [3.05, 3.63) is 64.1 Å². The lowest BCUT2D eigenvalue weighted by Gasteiger charge is -2.15. The maximum Gasteiger partial charge on any atom is 0.245 e. The molecule has 136 valence electrons. The summed E-state index contributed by atoms with van der Waals surface area (Å²) in [6.07, 6.45) is 4.17. The van der Waals surface area contributed by atoms with E-state index in [2.05, 4.69) is 31.4 Å². The van der Waals surface area contributed by atoms with Gasteiger partial charge in [-0.2, -0.15) is 10.2 Å². The molecular weight excluding hydrogens is 394 g/mol. The summed E-state index contributed by atoms with van der Waals surface area (Å²) in [6.45, 7) is 6.41. The minimum Gasteiger partial charge on any atom is -0.350 e. The molecule has 26 heavy (non-hydrogen) atoms. The smallest absolute Gasteiger partial charge is 0.245 e. The van der Waals surface area contributed by atoms with Gasteiger partial charge in [-0.15, -0.1) is 0 Å². The lowest BCUT2D eigenvalue weighted by atomic mass is 10.1. The van der Waals surface area contributed by atoms with Crippen molar-refractivity contribution in [3.8, 4) is 5.69 Å². The number of nitrogens with zero attached hydrogens (tertiary/aromatic N) is 4. The number of nitrogens with one attached hydrogen (secondary N) is 1. The zero-order valence-electron chi connectivity index (χ0n) is 15.1. The quantitative estimate of drug-likeness (QED) is 0.666. The molecule has 0 radical (unpaired) electrons. The predicted molar refractivity (Wildman–Crippen MR) is 104 cm³/mol. The summed E-state index contributed by atoms with van der Waals surface area (Å²) in [4.78, 5) is 12.6. The van der Waals surface area contributed by atoms with Crippen molar-refractivity contribution >= 4 is 21.8 Å². The van der Waals surface area contributed by atoms with Crippen molar-refractivity contribution in [2.75, 3.05) is 0 Å². The van der Waals surface area contributed by atoms with Crippen LogP contribution in [0.25, 0.3) is 5.69 Å². The van der Waals surface area contributed by atoms with E-state index >= 15 is 0 Å². The minimum absolute atomic E-state index is 0.0469. The molecule has 0 aliphatic rings. The Labute approximate surface area is 161 Å². The Bertz CT molecular complexity index is 900. The van der Waals surface area contributed by atoms with E-state index in [1.807, 2.05) is 62.0 Å². The fourth-order valence-corrected chi connectivity index (χ4v) is 3.32. The highest BCUT2D eigenvalue weighted by molar-refractivity contribution is 9.10. The third kappa shape index (κ3) is 3.72. The lowest BCUT2D eigenvalue weighted by molar-refractivity contribution is -0.124. The molecule has 0 bridgehead atoms. The molecule has 0 saturated heterocycles. The second kappa shape index (κ2) is 7.86. The van der Waals surface area contributed by atoms with Crippen LogP contribution in [0, 0.1) is 13.8 Å². The molecule has 3 aromatic rings. The van der Waals surface area contributed by atoms with Crippen molar-refractivity contribution in [1.29, 1.82) is 0 Å². The van der Waals surface area contributed by atoms with E-state index in [4.69, 9.17) is 0 Å². The number of rotatable bonds is 6. The van der Waals surface area contributed by atoms with E-state index in [9.17, 15) is 4.79 Å². The summed E-state index contributed by atoms with van der Waals surface area (Å²) in [7, 11) is 0. The molecule has 7 heteroatoms. The first kappa shape index (κ1) is 18.4. The summed E-state index contributed by atoms with van der Waals surface area (Å²) < 4.78 is 4.46. The summed E-state index contributed by atoms with van der Waals surface area (Å²) in [5.74, 6) is -0.0469. The zero-order valence-corrected chi connectivity index (χ0v) is 16.7. The highest BCUT2D eigenvalue weighted by Gasteiger charge is 2.20. The van der Waals surface area contributed by atoms with Gasteiger partial charge in [-0.25, -0.2) is 4.68 Å². The van der Waals surface area contributed by atoms with Crippen LogP contribution in [-0.4, -0.2) is 25.5 Å². The van der Waals surface area contributed by atoms with Gasteiger partial charge in [-0.05, 0) is 48.3 Å². The Morgan fingerprint density at radius 1 is 1.27 bits per heavy atom. The van der Waals surface area contributed by atoms with Crippen molar-refractivity contribution < 1.29 is 4.79 Å². The molecule has 1 aromatic carbocycles. The lowest BCUT2D eigenvalue weighted by Crippen LogP contribution is -2.32. The van der Waals surface area contributed by atoms with Crippen LogP contribution in [0.2, 0.25) is 0 Å². The average molecular weight is 416 g/mol. The first-order chi connectivity index (χ1) is 12.5. The average Bonchev–Trinajstić information content (AvgIpc) is 3.18. The molecule has 1 amide bonds. The maximum atomic E-state index is 12.6. The van der Waals surface area contributed by atoms with Crippen molar-refractivity contribution in [1.82, 2.24) is 24.9 Å². The fourth-order valence-electron chi connectivity index (χ4n) is 3.02. The van der Waals surface area contributed by atoms with Gasteiger partial charge in [0.1, 0.15) is 6.04 Å². The van der Waals surface area contributed by atoms with Crippen molar-refractivity contribution in [2.24, 2.45) is 0 Å². The first-order valence-electron chi connectivity index (χ1n) is 8.59. The van der Waals surface area contributed by atoms with Crippen LogP contribution >= 0.6 is 15.9 Å². The number of hydrogen-bond acceptors (Lipinski definition) is 3.